The molecule has 0 aliphatic carbocycles. The quantitative estimate of drug-likeness (QED) is 0.664. The minimum atomic E-state index is -0.831. The van der Waals surface area contributed by atoms with Crippen LogP contribution >= 0.6 is 0 Å². The number of carbonyl (C=O) groups excluding carboxylic acids is 4. The third-order valence-electron chi connectivity index (χ3n) is 3.55. The number of hydrogen-bond donors (Lipinski definition) is 1. The molecular weight excluding hydrogens is 236 g/mol. The molecule has 0 radical (unpaired) electrons. The number of piperidine rings is 2. The van der Waals surface area contributed by atoms with Crippen molar-refractivity contribution < 1.29 is 19.2 Å². The highest BCUT2D eigenvalue weighted by atomic mass is 16.2. The van der Waals surface area contributed by atoms with Crippen molar-refractivity contribution in [3.63, 3.8) is 0 Å². The average molecular weight is 252 g/mol. The fourth-order valence-electron chi connectivity index (χ4n) is 2.33. The van der Waals surface area contributed by atoms with Crippen molar-refractivity contribution in [1.82, 2.24) is 10.2 Å². The molecule has 98 valence electrons. The minimum Gasteiger partial charge on any atom is -0.295 e. The fourth-order valence-corrected chi connectivity index (χ4v) is 2.33. The molecule has 1 atom stereocenters. The van der Waals surface area contributed by atoms with Crippen molar-refractivity contribution in [3.05, 3.63) is 0 Å². The zero-order chi connectivity index (χ0) is 13.5. The molecule has 4 amide bonds. The maximum absolute atomic E-state index is 12.2. The molecule has 0 aromatic carbocycles. The highest BCUT2D eigenvalue weighted by molar-refractivity contribution is 6.08. The van der Waals surface area contributed by atoms with E-state index in [1.165, 1.54) is 0 Å². The first kappa shape index (κ1) is 12.7. The Morgan fingerprint density at radius 3 is 2.44 bits per heavy atom. The van der Waals surface area contributed by atoms with Crippen LogP contribution in [0.2, 0.25) is 0 Å². The minimum absolute atomic E-state index is 0.161. The Morgan fingerprint density at radius 1 is 1.17 bits per heavy atom. The van der Waals surface area contributed by atoms with E-state index < -0.39 is 17.4 Å². The van der Waals surface area contributed by atoms with Gasteiger partial charge in [-0.05, 0) is 12.8 Å². The van der Waals surface area contributed by atoms with Gasteiger partial charge in [0.1, 0.15) is 6.04 Å². The van der Waals surface area contributed by atoms with Crippen LogP contribution in [0.1, 0.15) is 39.5 Å². The Hall–Kier alpha value is -1.72. The van der Waals surface area contributed by atoms with Gasteiger partial charge in [0.05, 0.1) is 0 Å². The summed E-state index contributed by atoms with van der Waals surface area (Å²) in [6.07, 6.45) is 1.14. The number of amides is 4. The van der Waals surface area contributed by atoms with Crippen LogP contribution in [0.5, 0.6) is 0 Å². The zero-order valence-electron chi connectivity index (χ0n) is 10.5. The molecule has 6 nitrogen and oxygen atoms in total. The number of nitrogens with zero attached hydrogens (tertiary/aromatic N) is 1. The van der Waals surface area contributed by atoms with Crippen LogP contribution in [0.25, 0.3) is 0 Å². The van der Waals surface area contributed by atoms with E-state index in [1.807, 2.05) is 0 Å². The largest absolute Gasteiger partial charge is 0.295 e. The molecule has 0 bridgehead atoms. The summed E-state index contributed by atoms with van der Waals surface area (Å²) >= 11 is 0. The molecule has 18 heavy (non-hydrogen) atoms. The van der Waals surface area contributed by atoms with E-state index in [9.17, 15) is 19.2 Å². The molecule has 6 heteroatoms. The van der Waals surface area contributed by atoms with Crippen molar-refractivity contribution in [2.45, 2.75) is 45.6 Å². The van der Waals surface area contributed by atoms with E-state index in [0.717, 1.165) is 4.90 Å². The van der Waals surface area contributed by atoms with Crippen LogP contribution in [0.4, 0.5) is 0 Å². The Labute approximate surface area is 105 Å². The summed E-state index contributed by atoms with van der Waals surface area (Å²) in [6, 6.07) is -0.831. The summed E-state index contributed by atoms with van der Waals surface area (Å²) in [5, 5.41) is 2.17. The topological polar surface area (TPSA) is 83.6 Å². The number of hydrogen-bond acceptors (Lipinski definition) is 4. The van der Waals surface area contributed by atoms with Gasteiger partial charge >= 0.3 is 0 Å². The molecular formula is C12H16N2O4. The fraction of sp³-hybridized carbons (Fsp3) is 0.667. The average Bonchev–Trinajstić information content (AvgIpc) is 2.28. The van der Waals surface area contributed by atoms with Gasteiger partial charge < -0.3 is 0 Å². The van der Waals surface area contributed by atoms with Crippen molar-refractivity contribution in [1.29, 1.82) is 0 Å². The van der Waals surface area contributed by atoms with E-state index in [1.54, 1.807) is 13.8 Å². The monoisotopic (exact) mass is 252 g/mol. The maximum atomic E-state index is 12.2. The van der Waals surface area contributed by atoms with Gasteiger partial charge in [-0.2, -0.15) is 0 Å². The highest BCUT2D eigenvalue weighted by Gasteiger charge is 2.46. The van der Waals surface area contributed by atoms with E-state index in [4.69, 9.17) is 0 Å². The Bertz CT molecular complexity index is 441. The second-order valence-corrected chi connectivity index (χ2v) is 5.42. The van der Waals surface area contributed by atoms with Gasteiger partial charge in [0.15, 0.2) is 0 Å². The lowest BCUT2D eigenvalue weighted by Crippen LogP contribution is -2.60. The summed E-state index contributed by atoms with van der Waals surface area (Å²) in [7, 11) is 0. The third kappa shape index (κ3) is 2.02. The number of likely N-dealkylation sites (tertiary alicyclic amines) is 1. The summed E-state index contributed by atoms with van der Waals surface area (Å²) in [6.45, 7) is 3.53. The van der Waals surface area contributed by atoms with Crippen LogP contribution in [0.15, 0.2) is 0 Å². The molecule has 0 aromatic heterocycles. The van der Waals surface area contributed by atoms with Crippen LogP contribution in [0, 0.1) is 5.41 Å². The standard InChI is InChI=1S/C12H16N2O4/c1-12(2)6-5-9(16)14(11(12)18)7-3-4-8(15)13-10(7)17/h7H,3-6H2,1-2H3,(H,13,15,17). The lowest BCUT2D eigenvalue weighted by Gasteiger charge is -2.40. The number of nitrogens with one attached hydrogen (secondary N) is 1. The van der Waals surface area contributed by atoms with Gasteiger partial charge in [-0.25, -0.2) is 0 Å². The molecule has 2 aliphatic rings. The van der Waals surface area contributed by atoms with E-state index >= 15 is 0 Å². The van der Waals surface area contributed by atoms with Crippen molar-refractivity contribution in [3.8, 4) is 0 Å². The zero-order valence-corrected chi connectivity index (χ0v) is 10.5. The van der Waals surface area contributed by atoms with E-state index in [2.05, 4.69) is 5.32 Å². The Kier molecular flexibility index (Phi) is 2.96. The van der Waals surface area contributed by atoms with Gasteiger partial charge in [0.25, 0.3) is 0 Å². The van der Waals surface area contributed by atoms with Crippen LogP contribution in [-0.4, -0.2) is 34.6 Å². The van der Waals surface area contributed by atoms with Crippen LogP contribution in [-0.2, 0) is 19.2 Å². The predicted molar refractivity (Wildman–Crippen MR) is 61.0 cm³/mol. The molecule has 2 fully saturated rings. The molecule has 0 aromatic rings. The molecule has 2 aliphatic heterocycles. The second kappa shape index (κ2) is 4.19. The first-order chi connectivity index (χ1) is 8.33. The third-order valence-corrected chi connectivity index (χ3v) is 3.55. The van der Waals surface area contributed by atoms with Crippen molar-refractivity contribution in [2.75, 3.05) is 0 Å². The normalized spacial score (nSPS) is 28.3. The molecule has 1 unspecified atom stereocenters. The lowest BCUT2D eigenvalue weighted by molar-refractivity contribution is -0.164. The smallest absolute Gasteiger partial charge is 0.249 e. The van der Waals surface area contributed by atoms with E-state index in [-0.39, 0.29) is 37.0 Å². The summed E-state index contributed by atoms with van der Waals surface area (Å²) < 4.78 is 0. The van der Waals surface area contributed by atoms with Gasteiger partial charge in [0.2, 0.25) is 23.6 Å². The Morgan fingerprint density at radius 2 is 1.83 bits per heavy atom. The number of carbonyl (C=O) groups is 4. The van der Waals surface area contributed by atoms with Gasteiger partial charge in [-0.15, -0.1) is 0 Å². The van der Waals surface area contributed by atoms with Crippen LogP contribution in [0.3, 0.4) is 0 Å². The second-order valence-electron chi connectivity index (χ2n) is 5.42. The molecule has 2 rings (SSSR count). The van der Waals surface area contributed by atoms with Crippen LogP contribution < -0.4 is 5.32 Å². The molecule has 0 spiro atoms. The summed E-state index contributed by atoms with van der Waals surface area (Å²) in [4.78, 5) is 47.9. The van der Waals surface area contributed by atoms with Gasteiger partial charge in [-0.3, -0.25) is 29.4 Å². The SMILES string of the molecule is CC1(C)CCC(=O)N(C2CCC(=O)NC2=O)C1=O. The van der Waals surface area contributed by atoms with Gasteiger partial charge in [-0.1, -0.05) is 13.8 Å². The van der Waals surface area contributed by atoms with Crippen molar-refractivity contribution >= 4 is 23.6 Å². The number of rotatable bonds is 1. The summed E-state index contributed by atoms with van der Waals surface area (Å²) in [5.41, 5.74) is -0.629. The molecule has 0 saturated carbocycles. The van der Waals surface area contributed by atoms with Gasteiger partial charge in [0, 0.05) is 18.3 Å². The molecule has 2 saturated heterocycles. The summed E-state index contributed by atoms with van der Waals surface area (Å²) in [5.74, 6) is -1.56. The predicted octanol–water partition coefficient (Wildman–Crippen LogP) is -0.0332. The van der Waals surface area contributed by atoms with Crippen molar-refractivity contribution in [2.24, 2.45) is 5.41 Å². The Balaban J connectivity index is 2.25. The molecule has 1 N–H and O–H groups in total. The number of imide groups is 2. The first-order valence-corrected chi connectivity index (χ1v) is 6.03. The first-order valence-electron chi connectivity index (χ1n) is 6.03. The maximum Gasteiger partial charge on any atom is 0.249 e. The molecule has 2 heterocycles. The van der Waals surface area contributed by atoms with E-state index in [0.29, 0.717) is 6.42 Å². The highest BCUT2D eigenvalue weighted by Crippen LogP contribution is 2.33. The lowest BCUT2D eigenvalue weighted by atomic mass is 9.81.